The van der Waals surface area contributed by atoms with Crippen molar-refractivity contribution >= 4 is 31.9 Å². The predicted molar refractivity (Wildman–Crippen MR) is 82.3 cm³/mol. The third-order valence-corrected chi connectivity index (χ3v) is 5.24. The van der Waals surface area contributed by atoms with E-state index in [9.17, 15) is 13.2 Å². The van der Waals surface area contributed by atoms with Gasteiger partial charge in [0.2, 0.25) is 10.0 Å². The first-order chi connectivity index (χ1) is 9.77. The van der Waals surface area contributed by atoms with Crippen LogP contribution in [0, 0.1) is 0 Å². The molecule has 1 aromatic carbocycles. The summed E-state index contributed by atoms with van der Waals surface area (Å²) in [6.07, 6.45) is -0.305. The van der Waals surface area contributed by atoms with Gasteiger partial charge in [-0.1, -0.05) is 15.9 Å². The second-order valence-corrected chi connectivity index (χ2v) is 7.76. The number of amides is 1. The van der Waals surface area contributed by atoms with Crippen LogP contribution in [-0.4, -0.2) is 43.7 Å². The largest absolute Gasteiger partial charge is 0.481 e. The molecule has 0 unspecified atom stereocenters. The van der Waals surface area contributed by atoms with E-state index < -0.39 is 21.4 Å². The monoisotopic (exact) mass is 376 g/mol. The van der Waals surface area contributed by atoms with Crippen LogP contribution in [0.25, 0.3) is 0 Å². The lowest BCUT2D eigenvalue weighted by molar-refractivity contribution is -0.136. The van der Waals surface area contributed by atoms with E-state index in [1.54, 1.807) is 19.1 Å². The standard InChI is InChI=1S/C13H17BrN2O4S/c1-9(20-11-4-2-10(14)3-5-11)13(17)16-7-6-12(8-16)21(15,18)19/h2-5,9,12H,6-8H2,1H3,(H2,15,18,19)/t9-,12-/m0/s1. The van der Waals surface area contributed by atoms with E-state index in [1.807, 2.05) is 12.1 Å². The number of halogens is 1. The van der Waals surface area contributed by atoms with Gasteiger partial charge in [-0.15, -0.1) is 0 Å². The van der Waals surface area contributed by atoms with Crippen LogP contribution in [0.3, 0.4) is 0 Å². The Morgan fingerprint density at radius 1 is 1.43 bits per heavy atom. The Kier molecular flexibility index (Phi) is 4.90. The average Bonchev–Trinajstić information content (AvgIpc) is 2.90. The molecular formula is C13H17BrN2O4S. The number of benzene rings is 1. The second-order valence-electron chi connectivity index (χ2n) is 5.00. The fourth-order valence-corrected chi connectivity index (χ4v) is 3.31. The van der Waals surface area contributed by atoms with Gasteiger partial charge in [-0.25, -0.2) is 13.6 Å². The van der Waals surface area contributed by atoms with Crippen LogP contribution >= 0.6 is 15.9 Å². The average molecular weight is 377 g/mol. The van der Waals surface area contributed by atoms with E-state index in [0.717, 1.165) is 4.47 Å². The minimum atomic E-state index is -3.60. The molecule has 0 spiro atoms. The molecule has 1 amide bonds. The van der Waals surface area contributed by atoms with E-state index in [2.05, 4.69) is 15.9 Å². The number of carbonyl (C=O) groups is 1. The number of hydrogen-bond acceptors (Lipinski definition) is 4. The third kappa shape index (κ3) is 4.18. The number of nitrogens with two attached hydrogens (primary N) is 1. The molecular weight excluding hydrogens is 360 g/mol. The van der Waals surface area contributed by atoms with Crippen molar-refractivity contribution in [2.24, 2.45) is 5.14 Å². The highest BCUT2D eigenvalue weighted by Crippen LogP contribution is 2.20. The summed E-state index contributed by atoms with van der Waals surface area (Å²) >= 11 is 3.32. The lowest BCUT2D eigenvalue weighted by Gasteiger charge is -2.21. The molecule has 0 radical (unpaired) electrons. The maximum atomic E-state index is 12.2. The zero-order valence-electron chi connectivity index (χ0n) is 11.5. The molecule has 8 heteroatoms. The predicted octanol–water partition coefficient (Wildman–Crippen LogP) is 1.11. The number of likely N-dealkylation sites (tertiary alicyclic amines) is 1. The maximum Gasteiger partial charge on any atom is 0.263 e. The van der Waals surface area contributed by atoms with Crippen molar-refractivity contribution in [3.63, 3.8) is 0 Å². The van der Waals surface area contributed by atoms with Crippen molar-refractivity contribution in [1.82, 2.24) is 4.90 Å². The van der Waals surface area contributed by atoms with Gasteiger partial charge in [-0.05, 0) is 37.6 Å². The lowest BCUT2D eigenvalue weighted by Crippen LogP contribution is -2.40. The Bertz CT molecular complexity index is 618. The number of hydrogen-bond donors (Lipinski definition) is 1. The Balaban J connectivity index is 1.96. The van der Waals surface area contributed by atoms with Gasteiger partial charge in [0.05, 0.1) is 5.25 Å². The van der Waals surface area contributed by atoms with Crippen LogP contribution in [0.5, 0.6) is 5.75 Å². The molecule has 0 aromatic heterocycles. The summed E-state index contributed by atoms with van der Waals surface area (Å²) < 4.78 is 29.1. The number of sulfonamides is 1. The fraction of sp³-hybridized carbons (Fsp3) is 0.462. The normalized spacial score (nSPS) is 20.3. The van der Waals surface area contributed by atoms with Gasteiger partial charge >= 0.3 is 0 Å². The molecule has 0 bridgehead atoms. The number of ether oxygens (including phenoxy) is 1. The van der Waals surface area contributed by atoms with Crippen molar-refractivity contribution < 1.29 is 17.9 Å². The summed E-state index contributed by atoms with van der Waals surface area (Å²) in [4.78, 5) is 13.7. The Hall–Kier alpha value is -1.12. The van der Waals surface area contributed by atoms with Crippen LogP contribution < -0.4 is 9.88 Å². The zero-order valence-corrected chi connectivity index (χ0v) is 13.9. The first kappa shape index (κ1) is 16.3. The topological polar surface area (TPSA) is 89.7 Å². The zero-order chi connectivity index (χ0) is 15.6. The molecule has 1 fully saturated rings. The summed E-state index contributed by atoms with van der Waals surface area (Å²) in [6.45, 7) is 2.16. The lowest BCUT2D eigenvalue weighted by atomic mass is 10.3. The van der Waals surface area contributed by atoms with E-state index in [1.165, 1.54) is 4.90 Å². The molecule has 0 aliphatic carbocycles. The number of rotatable bonds is 4. The highest BCUT2D eigenvalue weighted by atomic mass is 79.9. The number of carbonyl (C=O) groups excluding carboxylic acids is 1. The second kappa shape index (κ2) is 6.33. The van der Waals surface area contributed by atoms with Crippen molar-refractivity contribution in [1.29, 1.82) is 0 Å². The number of nitrogens with zero attached hydrogens (tertiary/aromatic N) is 1. The molecule has 2 rings (SSSR count). The molecule has 2 atom stereocenters. The molecule has 116 valence electrons. The van der Waals surface area contributed by atoms with E-state index >= 15 is 0 Å². The van der Waals surface area contributed by atoms with Gasteiger partial charge in [0, 0.05) is 17.6 Å². The summed E-state index contributed by atoms with van der Waals surface area (Å²) in [6, 6.07) is 7.15. The third-order valence-electron chi connectivity index (χ3n) is 3.40. The van der Waals surface area contributed by atoms with Crippen molar-refractivity contribution in [2.45, 2.75) is 24.7 Å². The Morgan fingerprint density at radius 2 is 2.05 bits per heavy atom. The first-order valence-corrected chi connectivity index (χ1v) is 8.90. The minimum Gasteiger partial charge on any atom is -0.481 e. The highest BCUT2D eigenvalue weighted by Gasteiger charge is 2.35. The van der Waals surface area contributed by atoms with Gasteiger partial charge in [0.1, 0.15) is 5.75 Å². The molecule has 1 aromatic rings. The molecule has 0 saturated carbocycles. The van der Waals surface area contributed by atoms with Crippen molar-refractivity contribution in [2.75, 3.05) is 13.1 Å². The van der Waals surface area contributed by atoms with Crippen molar-refractivity contribution in [3.05, 3.63) is 28.7 Å². The molecule has 1 aliphatic heterocycles. The molecule has 1 aliphatic rings. The SMILES string of the molecule is C[C@H](Oc1ccc(Br)cc1)C(=O)N1CC[C@H](S(N)(=O)=O)C1. The summed E-state index contributed by atoms with van der Waals surface area (Å²) in [7, 11) is -3.60. The molecule has 6 nitrogen and oxygen atoms in total. The van der Waals surface area contributed by atoms with Crippen LogP contribution in [-0.2, 0) is 14.8 Å². The fourth-order valence-electron chi connectivity index (χ4n) is 2.22. The molecule has 2 N–H and O–H groups in total. The van der Waals surface area contributed by atoms with Crippen molar-refractivity contribution in [3.8, 4) is 5.75 Å². The molecule has 1 heterocycles. The molecule has 1 saturated heterocycles. The smallest absolute Gasteiger partial charge is 0.263 e. The molecule has 21 heavy (non-hydrogen) atoms. The van der Waals surface area contributed by atoms with E-state index in [0.29, 0.717) is 18.7 Å². The van der Waals surface area contributed by atoms with Gasteiger partial charge in [0.15, 0.2) is 6.10 Å². The maximum absolute atomic E-state index is 12.2. The van der Waals surface area contributed by atoms with E-state index in [-0.39, 0.29) is 12.5 Å². The summed E-state index contributed by atoms with van der Waals surface area (Å²) in [5.41, 5.74) is 0. The van der Waals surface area contributed by atoms with Crippen LogP contribution in [0.15, 0.2) is 28.7 Å². The quantitative estimate of drug-likeness (QED) is 0.851. The number of primary sulfonamides is 1. The van der Waals surface area contributed by atoms with Crippen LogP contribution in [0.4, 0.5) is 0 Å². The van der Waals surface area contributed by atoms with Gasteiger partial charge < -0.3 is 9.64 Å². The summed E-state index contributed by atoms with van der Waals surface area (Å²) in [5.74, 6) is 0.352. The van der Waals surface area contributed by atoms with E-state index in [4.69, 9.17) is 9.88 Å². The highest BCUT2D eigenvalue weighted by molar-refractivity contribution is 9.10. The minimum absolute atomic E-state index is 0.131. The Morgan fingerprint density at radius 3 is 2.57 bits per heavy atom. The van der Waals surface area contributed by atoms with Gasteiger partial charge in [-0.3, -0.25) is 4.79 Å². The van der Waals surface area contributed by atoms with Crippen LogP contribution in [0.1, 0.15) is 13.3 Å². The first-order valence-electron chi connectivity index (χ1n) is 6.50. The van der Waals surface area contributed by atoms with Gasteiger partial charge in [0.25, 0.3) is 5.91 Å². The Labute approximate surface area is 132 Å². The summed E-state index contributed by atoms with van der Waals surface area (Å²) in [5, 5.41) is 4.44. The van der Waals surface area contributed by atoms with Gasteiger partial charge in [-0.2, -0.15) is 0 Å². The van der Waals surface area contributed by atoms with Crippen LogP contribution in [0.2, 0.25) is 0 Å².